The SMILES string of the molecule is O=C(c1cc(-c2cccs2)[nH]n1)N1CCCC(Cc2nc(-c3ccsc3)no2)C1. The quantitative estimate of drug-likeness (QED) is 0.514. The van der Waals surface area contributed by atoms with Crippen molar-refractivity contribution in [2.75, 3.05) is 13.1 Å². The molecular formula is C20H19N5O2S2. The van der Waals surface area contributed by atoms with Gasteiger partial charge in [-0.1, -0.05) is 11.2 Å². The number of hydrogen-bond donors (Lipinski definition) is 1. The summed E-state index contributed by atoms with van der Waals surface area (Å²) in [5.74, 6) is 1.53. The molecule has 0 radical (unpaired) electrons. The Balaban J connectivity index is 1.24. The maximum absolute atomic E-state index is 12.9. The molecule has 1 aliphatic rings. The third kappa shape index (κ3) is 3.88. The highest BCUT2D eigenvalue weighted by atomic mass is 32.1. The number of piperidine rings is 1. The minimum atomic E-state index is -0.0294. The molecule has 0 aliphatic carbocycles. The first-order chi connectivity index (χ1) is 14.3. The molecule has 5 rings (SSSR count). The van der Waals surface area contributed by atoms with Crippen molar-refractivity contribution in [1.82, 2.24) is 25.2 Å². The van der Waals surface area contributed by atoms with E-state index in [4.69, 9.17) is 4.52 Å². The van der Waals surface area contributed by atoms with Crippen molar-refractivity contribution >= 4 is 28.6 Å². The number of H-pyrrole nitrogens is 1. The van der Waals surface area contributed by atoms with Gasteiger partial charge in [-0.05, 0) is 47.7 Å². The van der Waals surface area contributed by atoms with Gasteiger partial charge in [-0.25, -0.2) is 0 Å². The van der Waals surface area contributed by atoms with Gasteiger partial charge in [0.1, 0.15) is 0 Å². The van der Waals surface area contributed by atoms with Crippen LogP contribution in [0.25, 0.3) is 22.0 Å². The van der Waals surface area contributed by atoms with E-state index in [1.807, 2.05) is 45.3 Å². The number of amides is 1. The monoisotopic (exact) mass is 425 g/mol. The van der Waals surface area contributed by atoms with Gasteiger partial charge < -0.3 is 9.42 Å². The van der Waals surface area contributed by atoms with E-state index in [1.54, 1.807) is 22.7 Å². The van der Waals surface area contributed by atoms with Crippen molar-refractivity contribution < 1.29 is 9.32 Å². The Morgan fingerprint density at radius 2 is 2.31 bits per heavy atom. The van der Waals surface area contributed by atoms with E-state index < -0.39 is 0 Å². The van der Waals surface area contributed by atoms with E-state index in [1.165, 1.54) is 0 Å². The Bertz CT molecular complexity index is 1080. The molecular weight excluding hydrogens is 406 g/mol. The van der Waals surface area contributed by atoms with Crippen molar-refractivity contribution in [3.05, 3.63) is 52.0 Å². The molecule has 148 valence electrons. The van der Waals surface area contributed by atoms with E-state index in [0.29, 0.717) is 36.3 Å². The lowest BCUT2D eigenvalue weighted by molar-refractivity contribution is 0.0662. The third-order valence-corrected chi connectivity index (χ3v) is 6.69. The van der Waals surface area contributed by atoms with E-state index in [-0.39, 0.29) is 5.91 Å². The second-order valence-electron chi connectivity index (χ2n) is 7.13. The number of nitrogens with one attached hydrogen (secondary N) is 1. The van der Waals surface area contributed by atoms with Crippen molar-refractivity contribution in [3.8, 4) is 22.0 Å². The Labute approximate surface area is 175 Å². The first kappa shape index (κ1) is 18.3. The topological polar surface area (TPSA) is 87.9 Å². The van der Waals surface area contributed by atoms with Gasteiger partial charge in [0.15, 0.2) is 5.69 Å². The summed E-state index contributed by atoms with van der Waals surface area (Å²) in [5, 5.41) is 17.3. The summed E-state index contributed by atoms with van der Waals surface area (Å²) in [4.78, 5) is 20.4. The first-order valence-corrected chi connectivity index (χ1v) is 11.3. The molecule has 1 fully saturated rings. The van der Waals surface area contributed by atoms with Gasteiger partial charge in [0.2, 0.25) is 11.7 Å². The second-order valence-corrected chi connectivity index (χ2v) is 8.86. The number of thiophene rings is 2. The summed E-state index contributed by atoms with van der Waals surface area (Å²) < 4.78 is 5.44. The zero-order valence-electron chi connectivity index (χ0n) is 15.6. The Morgan fingerprint density at radius 1 is 1.34 bits per heavy atom. The summed E-state index contributed by atoms with van der Waals surface area (Å²) in [7, 11) is 0. The molecule has 4 aromatic heterocycles. The molecule has 1 saturated heterocycles. The van der Waals surface area contributed by atoms with E-state index in [9.17, 15) is 4.79 Å². The molecule has 0 bridgehead atoms. The number of aromatic nitrogens is 4. The van der Waals surface area contributed by atoms with Crippen LogP contribution < -0.4 is 0 Å². The lowest BCUT2D eigenvalue weighted by atomic mass is 9.94. The molecule has 5 heterocycles. The summed E-state index contributed by atoms with van der Waals surface area (Å²) in [6, 6.07) is 7.81. The minimum absolute atomic E-state index is 0.0294. The van der Waals surface area contributed by atoms with Crippen LogP contribution in [0.3, 0.4) is 0 Å². The molecule has 1 amide bonds. The lowest BCUT2D eigenvalue weighted by Gasteiger charge is -2.31. The number of likely N-dealkylation sites (tertiary alicyclic amines) is 1. The van der Waals surface area contributed by atoms with Gasteiger partial charge in [-0.15, -0.1) is 11.3 Å². The smallest absolute Gasteiger partial charge is 0.274 e. The Hall–Kier alpha value is -2.78. The van der Waals surface area contributed by atoms with Crippen molar-refractivity contribution in [2.45, 2.75) is 19.3 Å². The molecule has 0 spiro atoms. The van der Waals surface area contributed by atoms with E-state index in [2.05, 4.69) is 20.3 Å². The van der Waals surface area contributed by atoms with Crippen LogP contribution >= 0.6 is 22.7 Å². The normalized spacial score (nSPS) is 17.0. The Kier molecular flexibility index (Phi) is 4.99. The molecule has 4 aromatic rings. The van der Waals surface area contributed by atoms with Gasteiger partial charge in [0.05, 0.1) is 10.6 Å². The van der Waals surface area contributed by atoms with Crippen LogP contribution in [0.15, 0.2) is 44.9 Å². The number of rotatable bonds is 5. The largest absolute Gasteiger partial charge is 0.339 e. The molecule has 1 aliphatic heterocycles. The third-order valence-electron chi connectivity index (χ3n) is 5.10. The number of hydrogen-bond acceptors (Lipinski definition) is 7. The fraction of sp³-hybridized carbons (Fsp3) is 0.300. The van der Waals surface area contributed by atoms with Crippen LogP contribution in [-0.2, 0) is 6.42 Å². The van der Waals surface area contributed by atoms with Crippen LogP contribution in [0.4, 0.5) is 0 Å². The minimum Gasteiger partial charge on any atom is -0.339 e. The molecule has 0 saturated carbocycles. The zero-order chi connectivity index (χ0) is 19.6. The van der Waals surface area contributed by atoms with Crippen LogP contribution in [0.2, 0.25) is 0 Å². The summed E-state index contributed by atoms with van der Waals surface area (Å²) in [6.07, 6.45) is 2.69. The predicted octanol–water partition coefficient (Wildman–Crippen LogP) is 4.34. The van der Waals surface area contributed by atoms with Crippen molar-refractivity contribution in [1.29, 1.82) is 0 Å². The van der Waals surface area contributed by atoms with Crippen LogP contribution in [-0.4, -0.2) is 44.2 Å². The van der Waals surface area contributed by atoms with Gasteiger partial charge >= 0.3 is 0 Å². The fourth-order valence-corrected chi connectivity index (χ4v) is 4.99. The van der Waals surface area contributed by atoms with Crippen molar-refractivity contribution in [2.24, 2.45) is 5.92 Å². The number of carbonyl (C=O) groups excluding carboxylic acids is 1. The predicted molar refractivity (Wildman–Crippen MR) is 112 cm³/mol. The van der Waals surface area contributed by atoms with Gasteiger partial charge in [-0.3, -0.25) is 9.89 Å². The highest BCUT2D eigenvalue weighted by molar-refractivity contribution is 7.13. The average Bonchev–Trinajstić information content (AvgIpc) is 3.54. The number of aromatic amines is 1. The zero-order valence-corrected chi connectivity index (χ0v) is 17.2. The molecule has 1 N–H and O–H groups in total. The molecule has 1 atom stereocenters. The van der Waals surface area contributed by atoms with Crippen LogP contribution in [0.5, 0.6) is 0 Å². The summed E-state index contributed by atoms with van der Waals surface area (Å²) in [5.41, 5.74) is 2.32. The van der Waals surface area contributed by atoms with E-state index >= 15 is 0 Å². The van der Waals surface area contributed by atoms with Gasteiger partial charge in [0, 0.05) is 30.5 Å². The summed E-state index contributed by atoms with van der Waals surface area (Å²) in [6.45, 7) is 1.43. The van der Waals surface area contributed by atoms with Crippen molar-refractivity contribution in [3.63, 3.8) is 0 Å². The molecule has 1 unspecified atom stereocenters. The molecule has 7 nitrogen and oxygen atoms in total. The first-order valence-electron chi connectivity index (χ1n) is 9.50. The standard InChI is InChI=1S/C20H19N5O2S2/c26-20(16-10-15(22-23-16)17-4-2-7-29-17)25-6-1-3-13(11-25)9-18-21-19(24-27-18)14-5-8-28-12-14/h2,4-5,7-8,10,12-13H,1,3,6,9,11H2,(H,22,23). The second kappa shape index (κ2) is 7.92. The van der Waals surface area contributed by atoms with E-state index in [0.717, 1.165) is 35.5 Å². The molecule has 0 aromatic carbocycles. The Morgan fingerprint density at radius 3 is 3.14 bits per heavy atom. The maximum Gasteiger partial charge on any atom is 0.274 e. The average molecular weight is 426 g/mol. The maximum atomic E-state index is 12.9. The van der Waals surface area contributed by atoms with Gasteiger partial charge in [0.25, 0.3) is 5.91 Å². The van der Waals surface area contributed by atoms with Crippen LogP contribution in [0, 0.1) is 5.92 Å². The van der Waals surface area contributed by atoms with Gasteiger partial charge in [-0.2, -0.15) is 21.4 Å². The number of nitrogens with zero attached hydrogens (tertiary/aromatic N) is 4. The number of carbonyl (C=O) groups is 1. The van der Waals surface area contributed by atoms with Crippen LogP contribution in [0.1, 0.15) is 29.2 Å². The highest BCUT2D eigenvalue weighted by Crippen LogP contribution is 2.26. The lowest BCUT2D eigenvalue weighted by Crippen LogP contribution is -2.40. The summed E-state index contributed by atoms with van der Waals surface area (Å²) >= 11 is 3.23. The fourth-order valence-electron chi connectivity index (χ4n) is 3.66. The highest BCUT2D eigenvalue weighted by Gasteiger charge is 2.27. The molecule has 29 heavy (non-hydrogen) atoms. The molecule has 9 heteroatoms.